The van der Waals surface area contributed by atoms with Crippen molar-refractivity contribution in [2.45, 2.75) is 0 Å². The van der Waals surface area contributed by atoms with Gasteiger partial charge in [0.2, 0.25) is 0 Å². The van der Waals surface area contributed by atoms with Gasteiger partial charge in [-0.3, -0.25) is 0 Å². The molecule has 0 saturated heterocycles. The fourth-order valence-electron chi connectivity index (χ4n) is 0. The maximum absolute atomic E-state index is 0. The monoisotopic (exact) mass is 425 g/mol. The number of hydrogen-bond acceptors (Lipinski definition) is 0. The minimum absolute atomic E-state index is 0. The zero-order chi connectivity index (χ0) is 0. The van der Waals surface area contributed by atoms with Crippen LogP contribution in [0, 0.1) is 39.9 Å². The third-order valence-corrected chi connectivity index (χ3v) is 0. The van der Waals surface area contributed by atoms with E-state index in [4.69, 9.17) is 0 Å². The molecule has 0 nitrogen and oxygen atoms in total. The summed E-state index contributed by atoms with van der Waals surface area (Å²) in [7, 11) is 0. The van der Waals surface area contributed by atoms with E-state index in [9.17, 15) is 0 Å². The minimum Gasteiger partial charge on any atom is 0 e. The Morgan fingerprint density at radius 3 is 1.00 bits per heavy atom. The molecular formula is GdMgYZnZr. The molecule has 0 N–H and O–H groups in total. The van der Waals surface area contributed by atoms with E-state index in [0.717, 1.165) is 0 Å². The summed E-state index contributed by atoms with van der Waals surface area (Å²) in [5.41, 5.74) is 0. The van der Waals surface area contributed by atoms with Crippen LogP contribution in [0.15, 0.2) is 0 Å². The van der Waals surface area contributed by atoms with E-state index in [1.165, 1.54) is 0 Å². The van der Waals surface area contributed by atoms with Crippen molar-refractivity contribution in [2.24, 2.45) is 0 Å². The van der Waals surface area contributed by atoms with E-state index in [0.29, 0.717) is 0 Å². The van der Waals surface area contributed by atoms with Crippen molar-refractivity contribution in [3.05, 3.63) is 0 Å². The molecule has 0 saturated carbocycles. The molecule has 0 aliphatic carbocycles. The van der Waals surface area contributed by atoms with Gasteiger partial charge in [0, 0.05) is 141 Å². The van der Waals surface area contributed by atoms with E-state index >= 15 is 0 Å². The van der Waals surface area contributed by atoms with Crippen LogP contribution in [0.2, 0.25) is 0 Å². The Bertz CT molecular complexity index is 11.6. The standard InChI is InChI=1S/Gd.Mg.Y.Zn.Zr. The van der Waals surface area contributed by atoms with Crippen LogP contribution >= 0.6 is 0 Å². The summed E-state index contributed by atoms with van der Waals surface area (Å²) >= 11 is 0. The van der Waals surface area contributed by atoms with Crippen LogP contribution in [0.4, 0.5) is 0 Å². The third kappa shape index (κ3) is 17.7. The summed E-state index contributed by atoms with van der Waals surface area (Å²) in [6.45, 7) is 0. The van der Waals surface area contributed by atoms with E-state index in [2.05, 4.69) is 0 Å². The second kappa shape index (κ2) is 23.3. The topological polar surface area (TPSA) is 0 Å². The zero-order valence-corrected chi connectivity index (χ0v) is 14.8. The van der Waals surface area contributed by atoms with Crippen LogP contribution in [-0.2, 0) is 78.4 Å². The average molecular weight is 427 g/mol. The molecule has 0 atom stereocenters. The molecule has 0 aromatic heterocycles. The first-order valence-corrected chi connectivity index (χ1v) is 0. The second-order valence-electron chi connectivity index (χ2n) is 0. The van der Waals surface area contributed by atoms with Crippen LogP contribution in [0.1, 0.15) is 0 Å². The molecule has 0 amide bonds. The van der Waals surface area contributed by atoms with E-state index in [-0.39, 0.29) is 141 Å². The van der Waals surface area contributed by atoms with Crippen molar-refractivity contribution in [3.8, 4) is 0 Å². The first-order valence-electron chi connectivity index (χ1n) is 0. The first kappa shape index (κ1) is 33.2. The van der Waals surface area contributed by atoms with Gasteiger partial charge in [-0.1, -0.05) is 0 Å². The van der Waals surface area contributed by atoms with Crippen LogP contribution in [-0.4, -0.2) is 23.1 Å². The Hall–Kier alpha value is 4.70. The van der Waals surface area contributed by atoms with Crippen molar-refractivity contribution >= 4 is 23.1 Å². The molecule has 0 fully saturated rings. The third-order valence-electron chi connectivity index (χ3n) is 0. The summed E-state index contributed by atoms with van der Waals surface area (Å²) < 4.78 is 0. The normalized spacial score (nSPS) is 0. The van der Waals surface area contributed by atoms with Crippen molar-refractivity contribution in [1.29, 1.82) is 0 Å². The Morgan fingerprint density at radius 1 is 1.00 bits per heavy atom. The predicted molar refractivity (Wildman–Crippen MR) is 5.75 cm³/mol. The maximum Gasteiger partial charge on any atom is 0 e. The van der Waals surface area contributed by atoms with Gasteiger partial charge in [0.05, 0.1) is 0 Å². The maximum atomic E-state index is 0. The number of rotatable bonds is 0. The fourth-order valence-corrected chi connectivity index (χ4v) is 0. The molecular weight excluding hydrogens is 427 g/mol. The van der Waals surface area contributed by atoms with Gasteiger partial charge >= 0.3 is 0 Å². The predicted octanol–water partition coefficient (Wildman–Crippen LogP) is -0.388. The minimum atomic E-state index is 0. The van der Waals surface area contributed by atoms with Gasteiger partial charge in [-0.25, -0.2) is 0 Å². The van der Waals surface area contributed by atoms with Crippen LogP contribution in [0.25, 0.3) is 0 Å². The quantitative estimate of drug-likeness (QED) is 0.463. The summed E-state index contributed by atoms with van der Waals surface area (Å²) in [6.07, 6.45) is 0. The van der Waals surface area contributed by atoms with Crippen molar-refractivity contribution < 1.29 is 118 Å². The summed E-state index contributed by atoms with van der Waals surface area (Å²) in [5.74, 6) is 0. The van der Waals surface area contributed by atoms with E-state index in [1.807, 2.05) is 0 Å². The molecule has 0 rings (SSSR count). The van der Waals surface area contributed by atoms with E-state index < -0.39 is 0 Å². The molecule has 19 valence electrons. The Labute approximate surface area is 137 Å². The molecule has 3 radical (unpaired) electrons. The average Bonchev–Trinajstić information content (AvgIpc) is 0. The van der Waals surface area contributed by atoms with Crippen molar-refractivity contribution in [2.75, 3.05) is 0 Å². The fraction of sp³-hybridized carbons (Fsp3) is 0. The van der Waals surface area contributed by atoms with Crippen molar-refractivity contribution in [3.63, 3.8) is 0 Å². The van der Waals surface area contributed by atoms with E-state index in [1.54, 1.807) is 0 Å². The first-order chi connectivity index (χ1) is 0. The van der Waals surface area contributed by atoms with Gasteiger partial charge in [0.1, 0.15) is 0 Å². The van der Waals surface area contributed by atoms with Gasteiger partial charge in [-0.2, -0.15) is 0 Å². The molecule has 0 aromatic carbocycles. The molecule has 0 aliphatic heterocycles. The van der Waals surface area contributed by atoms with Gasteiger partial charge in [-0.15, -0.1) is 0 Å². The Balaban J connectivity index is 0. The molecule has 0 heterocycles. The molecule has 0 spiro atoms. The molecule has 0 aliphatic rings. The van der Waals surface area contributed by atoms with Gasteiger partial charge in [0.15, 0.2) is 0 Å². The van der Waals surface area contributed by atoms with Gasteiger partial charge < -0.3 is 0 Å². The van der Waals surface area contributed by atoms with Gasteiger partial charge in [0.25, 0.3) is 0 Å². The molecule has 0 bridgehead atoms. The largest absolute Gasteiger partial charge is 0 e. The van der Waals surface area contributed by atoms with Crippen molar-refractivity contribution in [1.82, 2.24) is 0 Å². The smallest absolute Gasteiger partial charge is 0 e. The second-order valence-corrected chi connectivity index (χ2v) is 0. The van der Waals surface area contributed by atoms with Crippen LogP contribution in [0.3, 0.4) is 0 Å². The summed E-state index contributed by atoms with van der Waals surface area (Å²) in [4.78, 5) is 0. The Morgan fingerprint density at radius 2 is 1.00 bits per heavy atom. The van der Waals surface area contributed by atoms with Crippen LogP contribution < -0.4 is 0 Å². The van der Waals surface area contributed by atoms with Crippen LogP contribution in [0.5, 0.6) is 0 Å². The Kier molecular flexibility index (Phi) is 155. The zero-order valence-electron chi connectivity index (χ0n) is 2.85. The SMILES string of the molecule is [Gd].[Mg].[Y].[Zn].[Zr]. The summed E-state index contributed by atoms with van der Waals surface area (Å²) in [6, 6.07) is 0. The molecule has 0 unspecified atom stereocenters. The molecule has 5 heteroatoms. The van der Waals surface area contributed by atoms with Gasteiger partial charge in [-0.05, 0) is 0 Å². The summed E-state index contributed by atoms with van der Waals surface area (Å²) in [5, 5.41) is 0. The number of hydrogen-bond donors (Lipinski definition) is 0. The molecule has 0 aromatic rings. The molecule has 5 heavy (non-hydrogen) atoms.